The van der Waals surface area contributed by atoms with E-state index >= 15 is 0 Å². The van der Waals surface area contributed by atoms with Crippen molar-refractivity contribution >= 4 is 0 Å². The van der Waals surface area contributed by atoms with Gasteiger partial charge in [0.1, 0.15) is 11.6 Å². The minimum absolute atomic E-state index is 0.113. The first-order valence-corrected chi connectivity index (χ1v) is 11.4. The van der Waals surface area contributed by atoms with E-state index in [1.54, 1.807) is 12.1 Å². The van der Waals surface area contributed by atoms with E-state index < -0.39 is 0 Å². The third kappa shape index (κ3) is 12.9. The van der Waals surface area contributed by atoms with Crippen molar-refractivity contribution in [3.63, 3.8) is 0 Å². The summed E-state index contributed by atoms with van der Waals surface area (Å²) < 4.78 is 25.9. The molecule has 0 saturated carbocycles. The van der Waals surface area contributed by atoms with Gasteiger partial charge < -0.3 is 20.4 Å². The Morgan fingerprint density at radius 2 is 1.00 bits per heavy atom. The zero-order valence-electron chi connectivity index (χ0n) is 18.8. The Labute approximate surface area is 190 Å². The summed E-state index contributed by atoms with van der Waals surface area (Å²) in [7, 11) is 0. The smallest absolute Gasteiger partial charge is 0.123 e. The quantitative estimate of drug-likeness (QED) is 0.323. The molecule has 0 aromatic heterocycles. The number of unbranched alkanes of at least 4 members (excludes halogenated alkanes) is 2. The fourth-order valence-electron chi connectivity index (χ4n) is 3.60. The van der Waals surface area contributed by atoms with Crippen LogP contribution in [0.5, 0.6) is 0 Å². The summed E-state index contributed by atoms with van der Waals surface area (Å²) >= 11 is 0. The SMILES string of the molecule is OCCCC[C@@H](CO)Cc1cccc(F)c1.OCCCC[C@H](CO)Cc1cccc(F)c1. The molecule has 6 heteroatoms. The maximum Gasteiger partial charge on any atom is 0.123 e. The highest BCUT2D eigenvalue weighted by Gasteiger charge is 2.09. The van der Waals surface area contributed by atoms with Gasteiger partial charge in [-0.25, -0.2) is 8.78 Å². The van der Waals surface area contributed by atoms with Crippen molar-refractivity contribution in [2.24, 2.45) is 11.8 Å². The van der Waals surface area contributed by atoms with Crippen LogP contribution in [0.3, 0.4) is 0 Å². The second-order valence-corrected chi connectivity index (χ2v) is 8.20. The fourth-order valence-corrected chi connectivity index (χ4v) is 3.60. The minimum atomic E-state index is -0.232. The molecule has 2 aromatic carbocycles. The zero-order valence-corrected chi connectivity index (χ0v) is 18.8. The van der Waals surface area contributed by atoms with Gasteiger partial charge >= 0.3 is 0 Å². The first-order chi connectivity index (χ1) is 15.5. The van der Waals surface area contributed by atoms with Gasteiger partial charge in [0.2, 0.25) is 0 Å². The van der Waals surface area contributed by atoms with Crippen LogP contribution in [0.25, 0.3) is 0 Å². The average Bonchev–Trinajstić information content (AvgIpc) is 2.78. The topological polar surface area (TPSA) is 80.9 Å². The third-order valence-corrected chi connectivity index (χ3v) is 5.38. The number of aliphatic hydroxyl groups is 4. The third-order valence-electron chi connectivity index (χ3n) is 5.38. The molecule has 0 fully saturated rings. The monoisotopic (exact) mass is 452 g/mol. The standard InChI is InChI=1S/2C13H19FO2/c2*14-13-6-3-5-11(9-13)8-12(10-16)4-1-2-7-15/h2*3,5-6,9,12,15-16H,1-2,4,7-8,10H2/t2*12-/m10/s1. The molecule has 0 saturated heterocycles. The van der Waals surface area contributed by atoms with Gasteiger partial charge in [-0.15, -0.1) is 0 Å². The molecule has 180 valence electrons. The highest BCUT2D eigenvalue weighted by atomic mass is 19.1. The summed E-state index contributed by atoms with van der Waals surface area (Å²) in [6, 6.07) is 13.0. The van der Waals surface area contributed by atoms with Crippen molar-refractivity contribution in [3.05, 3.63) is 71.3 Å². The Kier molecular flexibility index (Phi) is 15.6. The van der Waals surface area contributed by atoms with Crippen LogP contribution >= 0.6 is 0 Å². The van der Waals surface area contributed by atoms with Crippen LogP contribution in [-0.4, -0.2) is 46.9 Å². The Hall–Kier alpha value is -1.86. The number of rotatable bonds is 14. The lowest BCUT2D eigenvalue weighted by molar-refractivity contribution is 0.209. The van der Waals surface area contributed by atoms with Gasteiger partial charge in [0.05, 0.1) is 0 Å². The highest BCUT2D eigenvalue weighted by molar-refractivity contribution is 5.17. The van der Waals surface area contributed by atoms with Crippen molar-refractivity contribution in [2.45, 2.75) is 51.4 Å². The molecule has 0 aliphatic rings. The predicted molar refractivity (Wildman–Crippen MR) is 123 cm³/mol. The van der Waals surface area contributed by atoms with Gasteiger partial charge in [-0.3, -0.25) is 0 Å². The van der Waals surface area contributed by atoms with Crippen LogP contribution in [0.1, 0.15) is 49.7 Å². The molecule has 0 aliphatic heterocycles. The van der Waals surface area contributed by atoms with Gasteiger partial charge in [0.25, 0.3) is 0 Å². The second kappa shape index (κ2) is 17.7. The normalized spacial score (nSPS) is 12.7. The Bertz CT molecular complexity index is 665. The summed E-state index contributed by atoms with van der Waals surface area (Å²) in [5.74, 6) is -0.143. The van der Waals surface area contributed by atoms with E-state index in [9.17, 15) is 19.0 Å². The largest absolute Gasteiger partial charge is 0.396 e. The molecule has 2 atom stereocenters. The molecule has 2 rings (SSSR count). The number of benzene rings is 2. The summed E-state index contributed by atoms with van der Waals surface area (Å²) in [6.45, 7) is 0.611. The summed E-state index contributed by atoms with van der Waals surface area (Å²) in [6.07, 6.45) is 6.45. The number of hydrogen-bond donors (Lipinski definition) is 4. The predicted octanol–water partition coefficient (Wildman–Crippen LogP) is 4.28. The van der Waals surface area contributed by atoms with Gasteiger partial charge in [-0.1, -0.05) is 37.1 Å². The van der Waals surface area contributed by atoms with Crippen LogP contribution < -0.4 is 0 Å². The summed E-state index contributed by atoms with van der Waals surface area (Å²) in [5.41, 5.74) is 1.84. The molecule has 0 aliphatic carbocycles. The Balaban J connectivity index is 0.000000320. The summed E-state index contributed by atoms with van der Waals surface area (Å²) in [5, 5.41) is 35.7. The first kappa shape index (κ1) is 28.2. The second-order valence-electron chi connectivity index (χ2n) is 8.20. The molecular weight excluding hydrogens is 414 g/mol. The summed E-state index contributed by atoms with van der Waals surface area (Å²) in [4.78, 5) is 0. The van der Waals surface area contributed by atoms with E-state index in [-0.39, 0.29) is 49.9 Å². The van der Waals surface area contributed by atoms with Crippen LogP contribution in [-0.2, 0) is 12.8 Å². The molecular formula is C26H38F2O4. The van der Waals surface area contributed by atoms with Crippen LogP contribution in [0.15, 0.2) is 48.5 Å². The van der Waals surface area contributed by atoms with Gasteiger partial charge in [-0.05, 0) is 85.8 Å². The molecule has 0 spiro atoms. The highest BCUT2D eigenvalue weighted by Crippen LogP contribution is 2.16. The molecule has 4 N–H and O–H groups in total. The lowest BCUT2D eigenvalue weighted by Gasteiger charge is -2.13. The average molecular weight is 453 g/mol. The Morgan fingerprint density at radius 1 is 0.594 bits per heavy atom. The van der Waals surface area contributed by atoms with Gasteiger partial charge in [0.15, 0.2) is 0 Å². The van der Waals surface area contributed by atoms with E-state index in [2.05, 4.69) is 0 Å². The minimum Gasteiger partial charge on any atom is -0.396 e. The molecule has 0 bridgehead atoms. The van der Waals surface area contributed by atoms with Gasteiger partial charge in [-0.2, -0.15) is 0 Å². The number of halogens is 2. The zero-order chi connectivity index (χ0) is 23.6. The van der Waals surface area contributed by atoms with E-state index in [4.69, 9.17) is 10.2 Å². The molecule has 0 radical (unpaired) electrons. The van der Waals surface area contributed by atoms with Crippen molar-refractivity contribution in [2.75, 3.05) is 26.4 Å². The number of hydrogen-bond acceptors (Lipinski definition) is 4. The van der Waals surface area contributed by atoms with Crippen molar-refractivity contribution in [1.29, 1.82) is 0 Å². The van der Waals surface area contributed by atoms with Crippen molar-refractivity contribution < 1.29 is 29.2 Å². The Morgan fingerprint density at radius 3 is 1.31 bits per heavy atom. The number of aliphatic hydroxyl groups excluding tert-OH is 4. The molecule has 2 aromatic rings. The molecule has 0 amide bonds. The maximum absolute atomic E-state index is 12.9. The van der Waals surface area contributed by atoms with E-state index in [1.165, 1.54) is 24.3 Å². The van der Waals surface area contributed by atoms with Crippen molar-refractivity contribution in [1.82, 2.24) is 0 Å². The van der Waals surface area contributed by atoms with E-state index in [0.29, 0.717) is 12.8 Å². The van der Waals surface area contributed by atoms with Crippen LogP contribution in [0.2, 0.25) is 0 Å². The fraction of sp³-hybridized carbons (Fsp3) is 0.538. The molecule has 0 unspecified atom stereocenters. The molecule has 0 heterocycles. The van der Waals surface area contributed by atoms with Crippen LogP contribution in [0, 0.1) is 23.5 Å². The molecule has 4 nitrogen and oxygen atoms in total. The van der Waals surface area contributed by atoms with Crippen LogP contribution in [0.4, 0.5) is 8.78 Å². The van der Waals surface area contributed by atoms with E-state index in [1.807, 2.05) is 12.1 Å². The molecule has 32 heavy (non-hydrogen) atoms. The van der Waals surface area contributed by atoms with Gasteiger partial charge in [0, 0.05) is 26.4 Å². The lowest BCUT2D eigenvalue weighted by atomic mass is 9.95. The first-order valence-electron chi connectivity index (χ1n) is 11.4. The lowest BCUT2D eigenvalue weighted by Crippen LogP contribution is -2.10. The maximum atomic E-state index is 12.9. The van der Waals surface area contributed by atoms with E-state index in [0.717, 1.165) is 49.7 Å². The van der Waals surface area contributed by atoms with Crippen molar-refractivity contribution in [3.8, 4) is 0 Å².